The van der Waals surface area contributed by atoms with Gasteiger partial charge >= 0.3 is 0 Å². The van der Waals surface area contributed by atoms with Gasteiger partial charge in [0.15, 0.2) is 5.96 Å². The summed E-state index contributed by atoms with van der Waals surface area (Å²) in [5.74, 6) is 0.724. The fourth-order valence-electron chi connectivity index (χ4n) is 2.32. The molecular formula is C20H29IN4O. The minimum atomic E-state index is -0.597. The van der Waals surface area contributed by atoms with Crippen LogP contribution in [0.2, 0.25) is 0 Å². The molecule has 142 valence electrons. The van der Waals surface area contributed by atoms with E-state index < -0.39 is 6.10 Å². The highest BCUT2D eigenvalue weighted by Crippen LogP contribution is 2.09. The number of nitrogens with one attached hydrogen (secondary N) is 2. The lowest BCUT2D eigenvalue weighted by molar-refractivity contribution is 0.180. The third kappa shape index (κ3) is 8.14. The fraction of sp³-hybridized carbons (Fsp3) is 0.400. The van der Waals surface area contributed by atoms with E-state index in [2.05, 4.69) is 58.7 Å². The summed E-state index contributed by atoms with van der Waals surface area (Å²) in [5, 5.41) is 16.8. The van der Waals surface area contributed by atoms with E-state index in [1.165, 1.54) is 5.56 Å². The summed E-state index contributed by atoms with van der Waals surface area (Å²) in [5.41, 5.74) is 3.25. The zero-order chi connectivity index (χ0) is 17.9. The largest absolute Gasteiger partial charge is 0.387 e. The van der Waals surface area contributed by atoms with Gasteiger partial charge in [0.1, 0.15) is 0 Å². The number of guanidine groups is 1. The van der Waals surface area contributed by atoms with E-state index in [9.17, 15) is 5.11 Å². The molecule has 1 aromatic carbocycles. The first kappa shape index (κ1) is 22.4. The van der Waals surface area contributed by atoms with Crippen molar-refractivity contribution in [1.29, 1.82) is 0 Å². The number of rotatable bonds is 8. The lowest BCUT2D eigenvalue weighted by atomic mass is 10.1. The second kappa shape index (κ2) is 12.6. The van der Waals surface area contributed by atoms with Crippen LogP contribution in [0.4, 0.5) is 0 Å². The third-order valence-corrected chi connectivity index (χ3v) is 3.92. The van der Waals surface area contributed by atoms with E-state index in [1.807, 2.05) is 12.1 Å². The number of aliphatic hydroxyl groups is 1. The van der Waals surface area contributed by atoms with Gasteiger partial charge < -0.3 is 15.7 Å². The Labute approximate surface area is 173 Å². The number of aliphatic hydroxyl groups excluding tert-OH is 1. The van der Waals surface area contributed by atoms with Gasteiger partial charge in [-0.3, -0.25) is 4.98 Å². The van der Waals surface area contributed by atoms with Crippen molar-refractivity contribution in [2.75, 3.05) is 13.1 Å². The SMILES string of the molecule is CCCCNC(=NCc1ccc(C)cc1)NCC(O)c1ccncc1.I. The molecule has 5 nitrogen and oxygen atoms in total. The smallest absolute Gasteiger partial charge is 0.191 e. The monoisotopic (exact) mass is 468 g/mol. The molecule has 26 heavy (non-hydrogen) atoms. The van der Waals surface area contributed by atoms with Gasteiger partial charge in [-0.2, -0.15) is 0 Å². The molecule has 0 saturated heterocycles. The van der Waals surface area contributed by atoms with Crippen LogP contribution in [-0.2, 0) is 6.54 Å². The molecule has 1 unspecified atom stereocenters. The number of pyridine rings is 1. The molecule has 0 aliphatic rings. The van der Waals surface area contributed by atoms with Crippen LogP contribution in [0.1, 0.15) is 42.6 Å². The molecule has 0 bridgehead atoms. The summed E-state index contributed by atoms with van der Waals surface area (Å²) in [7, 11) is 0. The van der Waals surface area contributed by atoms with Crippen molar-refractivity contribution in [3.63, 3.8) is 0 Å². The number of aryl methyl sites for hydroxylation is 1. The summed E-state index contributed by atoms with van der Waals surface area (Å²) in [4.78, 5) is 8.61. The van der Waals surface area contributed by atoms with Crippen molar-refractivity contribution in [2.24, 2.45) is 4.99 Å². The zero-order valence-electron chi connectivity index (χ0n) is 15.5. The van der Waals surface area contributed by atoms with Crippen molar-refractivity contribution >= 4 is 29.9 Å². The zero-order valence-corrected chi connectivity index (χ0v) is 17.8. The van der Waals surface area contributed by atoms with E-state index in [0.29, 0.717) is 13.1 Å². The molecule has 0 aliphatic carbocycles. The molecule has 3 N–H and O–H groups in total. The Hall–Kier alpha value is -1.67. The molecule has 6 heteroatoms. The predicted octanol–water partition coefficient (Wildman–Crippen LogP) is 3.58. The van der Waals surface area contributed by atoms with Crippen LogP contribution in [0.3, 0.4) is 0 Å². The van der Waals surface area contributed by atoms with Gasteiger partial charge in [0.25, 0.3) is 0 Å². The summed E-state index contributed by atoms with van der Waals surface area (Å²) >= 11 is 0. The second-order valence-corrected chi connectivity index (χ2v) is 6.11. The highest BCUT2D eigenvalue weighted by molar-refractivity contribution is 14.0. The van der Waals surface area contributed by atoms with Crippen LogP contribution in [-0.4, -0.2) is 29.1 Å². The quantitative estimate of drug-likeness (QED) is 0.240. The summed E-state index contributed by atoms with van der Waals surface area (Å²) in [6.45, 7) is 6.10. The van der Waals surface area contributed by atoms with Gasteiger partial charge in [-0.05, 0) is 36.6 Å². The minimum absolute atomic E-state index is 0. The van der Waals surface area contributed by atoms with Crippen LogP contribution >= 0.6 is 24.0 Å². The molecule has 2 aromatic rings. The first-order chi connectivity index (χ1) is 12.2. The van der Waals surface area contributed by atoms with Crippen molar-refractivity contribution in [3.8, 4) is 0 Å². The van der Waals surface area contributed by atoms with Crippen molar-refractivity contribution < 1.29 is 5.11 Å². The average Bonchev–Trinajstić information content (AvgIpc) is 2.65. The minimum Gasteiger partial charge on any atom is -0.387 e. The molecular weight excluding hydrogens is 439 g/mol. The molecule has 1 heterocycles. The number of halogens is 1. The number of aromatic nitrogens is 1. The predicted molar refractivity (Wildman–Crippen MR) is 118 cm³/mol. The lowest BCUT2D eigenvalue weighted by Gasteiger charge is -2.16. The Balaban J connectivity index is 0.00000338. The fourth-order valence-corrected chi connectivity index (χ4v) is 2.32. The molecule has 0 aliphatic heterocycles. The Bertz CT molecular complexity index is 647. The number of hydrogen-bond donors (Lipinski definition) is 3. The summed E-state index contributed by atoms with van der Waals surface area (Å²) < 4.78 is 0. The van der Waals surface area contributed by atoms with Gasteiger partial charge in [0.05, 0.1) is 12.6 Å². The number of hydrogen-bond acceptors (Lipinski definition) is 3. The Morgan fingerprint density at radius 1 is 1.12 bits per heavy atom. The van der Waals surface area contributed by atoms with E-state index in [0.717, 1.165) is 36.5 Å². The number of nitrogens with zero attached hydrogens (tertiary/aromatic N) is 2. The number of unbranched alkanes of at least 4 members (excludes halogenated alkanes) is 1. The molecule has 0 radical (unpaired) electrons. The summed E-state index contributed by atoms with van der Waals surface area (Å²) in [6.07, 6.45) is 4.98. The maximum Gasteiger partial charge on any atom is 0.191 e. The Morgan fingerprint density at radius 3 is 2.46 bits per heavy atom. The van der Waals surface area contributed by atoms with Crippen molar-refractivity contribution in [3.05, 3.63) is 65.5 Å². The molecule has 0 saturated carbocycles. The van der Waals surface area contributed by atoms with Crippen LogP contribution in [0, 0.1) is 6.92 Å². The van der Waals surface area contributed by atoms with E-state index in [1.54, 1.807) is 12.4 Å². The van der Waals surface area contributed by atoms with Gasteiger partial charge in [-0.1, -0.05) is 43.2 Å². The Kier molecular flexibility index (Phi) is 10.9. The molecule has 1 aromatic heterocycles. The van der Waals surface area contributed by atoms with Gasteiger partial charge in [-0.25, -0.2) is 4.99 Å². The molecule has 0 spiro atoms. The molecule has 0 amide bonds. The van der Waals surface area contributed by atoms with Crippen molar-refractivity contribution in [1.82, 2.24) is 15.6 Å². The van der Waals surface area contributed by atoms with Crippen LogP contribution in [0.5, 0.6) is 0 Å². The van der Waals surface area contributed by atoms with Crippen LogP contribution < -0.4 is 10.6 Å². The van der Waals surface area contributed by atoms with Crippen LogP contribution in [0.15, 0.2) is 53.8 Å². The second-order valence-electron chi connectivity index (χ2n) is 6.11. The maximum atomic E-state index is 10.3. The normalized spacial score (nSPS) is 12.2. The highest BCUT2D eigenvalue weighted by Gasteiger charge is 2.08. The molecule has 0 fully saturated rings. The maximum absolute atomic E-state index is 10.3. The summed E-state index contributed by atoms with van der Waals surface area (Å²) in [6, 6.07) is 12.0. The van der Waals surface area contributed by atoms with Gasteiger partial charge in [0.2, 0.25) is 0 Å². The first-order valence-corrected chi connectivity index (χ1v) is 8.84. The van der Waals surface area contributed by atoms with E-state index in [-0.39, 0.29) is 24.0 Å². The topological polar surface area (TPSA) is 69.5 Å². The van der Waals surface area contributed by atoms with Gasteiger partial charge in [0, 0.05) is 25.5 Å². The molecule has 1 atom stereocenters. The third-order valence-electron chi connectivity index (χ3n) is 3.92. The number of aliphatic imine (C=N–C) groups is 1. The average molecular weight is 468 g/mol. The Morgan fingerprint density at radius 2 is 1.81 bits per heavy atom. The lowest BCUT2D eigenvalue weighted by Crippen LogP contribution is -2.40. The van der Waals surface area contributed by atoms with E-state index in [4.69, 9.17) is 0 Å². The van der Waals surface area contributed by atoms with Crippen LogP contribution in [0.25, 0.3) is 0 Å². The molecule has 2 rings (SSSR count). The van der Waals surface area contributed by atoms with Crippen molar-refractivity contribution in [2.45, 2.75) is 39.3 Å². The standard InChI is InChI=1S/C20H28N4O.HI/c1-3-4-11-22-20(23-14-17-7-5-16(2)6-8-17)24-15-19(25)18-9-12-21-13-10-18;/h5-10,12-13,19,25H,3-4,11,14-15H2,1-2H3,(H2,22,23,24);1H. The number of benzene rings is 1. The first-order valence-electron chi connectivity index (χ1n) is 8.84. The van der Waals surface area contributed by atoms with E-state index >= 15 is 0 Å². The highest BCUT2D eigenvalue weighted by atomic mass is 127. The van der Waals surface area contributed by atoms with Gasteiger partial charge in [-0.15, -0.1) is 24.0 Å².